The Morgan fingerprint density at radius 1 is 1.53 bits per heavy atom. The summed E-state index contributed by atoms with van der Waals surface area (Å²) in [5, 5.41) is 14.1. The molecule has 0 saturated heterocycles. The Kier molecular flexibility index (Phi) is 2.26. The number of halogens is 1. The summed E-state index contributed by atoms with van der Waals surface area (Å²) in [6, 6.07) is 3.32. The smallest absolute Gasteiger partial charge is 0.337 e. The highest BCUT2D eigenvalue weighted by molar-refractivity contribution is 9.10. The van der Waals surface area contributed by atoms with Crippen molar-refractivity contribution >= 4 is 32.8 Å². The standard InChI is InChI=1S/C10H9BrN2O2/c1-5-8-7(11)4-3-6(10(14)15)9(8)13(2)12-5/h3-4H,1-2H3,(H,14,15). The van der Waals surface area contributed by atoms with Gasteiger partial charge in [-0.15, -0.1) is 0 Å². The number of fused-ring (bicyclic) bond motifs is 1. The normalized spacial score (nSPS) is 10.9. The van der Waals surface area contributed by atoms with Crippen LogP contribution >= 0.6 is 15.9 Å². The van der Waals surface area contributed by atoms with Crippen molar-refractivity contribution in [3.63, 3.8) is 0 Å². The van der Waals surface area contributed by atoms with E-state index in [-0.39, 0.29) is 5.56 Å². The summed E-state index contributed by atoms with van der Waals surface area (Å²) in [5.41, 5.74) is 1.74. The molecule has 5 heteroatoms. The first-order chi connectivity index (χ1) is 7.02. The van der Waals surface area contributed by atoms with Crippen LogP contribution in [0, 0.1) is 6.92 Å². The number of rotatable bonds is 1. The number of nitrogens with zero attached hydrogens (tertiary/aromatic N) is 2. The second-order valence-electron chi connectivity index (χ2n) is 3.33. The van der Waals surface area contributed by atoms with Crippen molar-refractivity contribution in [2.24, 2.45) is 7.05 Å². The average molecular weight is 269 g/mol. The number of carbonyl (C=O) groups is 1. The lowest BCUT2D eigenvalue weighted by Crippen LogP contribution is -2.01. The maximum atomic E-state index is 11.0. The molecule has 1 aromatic heterocycles. The fourth-order valence-electron chi connectivity index (χ4n) is 1.74. The first-order valence-electron chi connectivity index (χ1n) is 4.37. The van der Waals surface area contributed by atoms with E-state index in [0.29, 0.717) is 5.52 Å². The van der Waals surface area contributed by atoms with Crippen LogP contribution in [0.25, 0.3) is 10.9 Å². The number of aromatic carboxylic acids is 1. The molecule has 2 aromatic rings. The molecule has 0 atom stereocenters. The zero-order valence-electron chi connectivity index (χ0n) is 8.28. The highest BCUT2D eigenvalue weighted by atomic mass is 79.9. The van der Waals surface area contributed by atoms with Gasteiger partial charge in [-0.2, -0.15) is 5.10 Å². The number of carboxylic acid groups (broad SMARTS) is 1. The van der Waals surface area contributed by atoms with Gasteiger partial charge < -0.3 is 5.11 Å². The van der Waals surface area contributed by atoms with Crippen LogP contribution in [-0.2, 0) is 7.05 Å². The highest BCUT2D eigenvalue weighted by Gasteiger charge is 2.16. The molecule has 2 rings (SSSR count). The van der Waals surface area contributed by atoms with Crippen LogP contribution in [-0.4, -0.2) is 20.9 Å². The summed E-state index contributed by atoms with van der Waals surface area (Å²) >= 11 is 3.40. The van der Waals surface area contributed by atoms with Crippen molar-refractivity contribution in [2.75, 3.05) is 0 Å². The first-order valence-corrected chi connectivity index (χ1v) is 5.16. The highest BCUT2D eigenvalue weighted by Crippen LogP contribution is 2.29. The maximum absolute atomic E-state index is 11.0. The van der Waals surface area contributed by atoms with Crippen molar-refractivity contribution in [1.82, 2.24) is 9.78 Å². The number of carboxylic acids is 1. The van der Waals surface area contributed by atoms with E-state index in [0.717, 1.165) is 15.6 Å². The Balaban J connectivity index is 2.98. The third kappa shape index (κ3) is 1.43. The van der Waals surface area contributed by atoms with Crippen LogP contribution in [0.4, 0.5) is 0 Å². The van der Waals surface area contributed by atoms with E-state index in [9.17, 15) is 4.79 Å². The van der Waals surface area contributed by atoms with Crippen LogP contribution in [0.15, 0.2) is 16.6 Å². The van der Waals surface area contributed by atoms with Gasteiger partial charge in [0.1, 0.15) is 0 Å². The minimum absolute atomic E-state index is 0.274. The predicted molar refractivity (Wildman–Crippen MR) is 60.1 cm³/mol. The molecule has 4 nitrogen and oxygen atoms in total. The zero-order valence-corrected chi connectivity index (χ0v) is 9.87. The largest absolute Gasteiger partial charge is 0.478 e. The predicted octanol–water partition coefficient (Wildman–Crippen LogP) is 2.34. The van der Waals surface area contributed by atoms with Crippen molar-refractivity contribution in [1.29, 1.82) is 0 Å². The molecule has 0 spiro atoms. The minimum atomic E-state index is -0.935. The summed E-state index contributed by atoms with van der Waals surface area (Å²) in [7, 11) is 1.74. The molecule has 0 aliphatic heterocycles. The minimum Gasteiger partial charge on any atom is -0.478 e. The molecule has 0 aliphatic carbocycles. The van der Waals surface area contributed by atoms with Gasteiger partial charge in [0.05, 0.1) is 16.8 Å². The van der Waals surface area contributed by atoms with E-state index < -0.39 is 5.97 Å². The van der Waals surface area contributed by atoms with Gasteiger partial charge in [0.25, 0.3) is 0 Å². The van der Waals surface area contributed by atoms with Gasteiger partial charge in [-0.25, -0.2) is 4.79 Å². The zero-order chi connectivity index (χ0) is 11.2. The number of aromatic nitrogens is 2. The van der Waals surface area contributed by atoms with Crippen LogP contribution in [0.1, 0.15) is 16.1 Å². The Morgan fingerprint density at radius 2 is 2.20 bits per heavy atom. The molecule has 0 radical (unpaired) electrons. The van der Waals surface area contributed by atoms with Gasteiger partial charge in [-0.1, -0.05) is 15.9 Å². The summed E-state index contributed by atoms with van der Waals surface area (Å²) < 4.78 is 2.46. The maximum Gasteiger partial charge on any atom is 0.337 e. The molecule has 15 heavy (non-hydrogen) atoms. The number of benzene rings is 1. The molecule has 1 aromatic carbocycles. The topological polar surface area (TPSA) is 55.1 Å². The summed E-state index contributed by atoms with van der Waals surface area (Å²) in [6.07, 6.45) is 0. The van der Waals surface area contributed by atoms with E-state index in [1.54, 1.807) is 23.9 Å². The van der Waals surface area contributed by atoms with Crippen LogP contribution in [0.2, 0.25) is 0 Å². The Bertz CT molecular complexity index is 560. The number of hydrogen-bond acceptors (Lipinski definition) is 2. The van der Waals surface area contributed by atoms with Gasteiger partial charge in [-0.05, 0) is 19.1 Å². The van der Waals surface area contributed by atoms with E-state index in [2.05, 4.69) is 21.0 Å². The van der Waals surface area contributed by atoms with E-state index in [1.807, 2.05) is 6.92 Å². The van der Waals surface area contributed by atoms with Crippen LogP contribution in [0.3, 0.4) is 0 Å². The van der Waals surface area contributed by atoms with Crippen molar-refractivity contribution < 1.29 is 9.90 Å². The molecule has 78 valence electrons. The van der Waals surface area contributed by atoms with Gasteiger partial charge in [0.2, 0.25) is 0 Å². The summed E-state index contributed by atoms with van der Waals surface area (Å²) in [6.45, 7) is 1.86. The van der Waals surface area contributed by atoms with Crippen molar-refractivity contribution in [3.05, 3.63) is 27.9 Å². The lowest BCUT2D eigenvalue weighted by Gasteiger charge is -2.01. The fraction of sp³-hybridized carbons (Fsp3) is 0.200. The monoisotopic (exact) mass is 268 g/mol. The molecule has 0 bridgehead atoms. The molecular formula is C10H9BrN2O2. The molecular weight excluding hydrogens is 260 g/mol. The molecule has 1 heterocycles. The fourth-order valence-corrected chi connectivity index (χ4v) is 2.35. The first kappa shape index (κ1) is 10.2. The number of aryl methyl sites for hydroxylation is 2. The lowest BCUT2D eigenvalue weighted by molar-refractivity contribution is 0.0698. The van der Waals surface area contributed by atoms with Gasteiger partial charge in [0.15, 0.2) is 0 Å². The SMILES string of the molecule is Cc1nn(C)c2c(C(=O)O)ccc(Br)c12. The second kappa shape index (κ2) is 3.34. The van der Waals surface area contributed by atoms with Gasteiger partial charge >= 0.3 is 5.97 Å². The van der Waals surface area contributed by atoms with Gasteiger partial charge in [0, 0.05) is 16.9 Å². The molecule has 0 saturated carbocycles. The quantitative estimate of drug-likeness (QED) is 0.864. The third-order valence-corrected chi connectivity index (χ3v) is 3.00. The summed E-state index contributed by atoms with van der Waals surface area (Å²) in [5.74, 6) is -0.935. The van der Waals surface area contributed by atoms with Crippen LogP contribution in [0.5, 0.6) is 0 Å². The Morgan fingerprint density at radius 3 is 2.80 bits per heavy atom. The van der Waals surface area contributed by atoms with E-state index in [4.69, 9.17) is 5.11 Å². The van der Waals surface area contributed by atoms with Crippen LogP contribution < -0.4 is 0 Å². The molecule has 0 fully saturated rings. The van der Waals surface area contributed by atoms with Crippen molar-refractivity contribution in [2.45, 2.75) is 6.92 Å². The number of hydrogen-bond donors (Lipinski definition) is 1. The second-order valence-corrected chi connectivity index (χ2v) is 4.19. The van der Waals surface area contributed by atoms with E-state index in [1.165, 1.54) is 0 Å². The average Bonchev–Trinajstić information content (AvgIpc) is 2.43. The third-order valence-electron chi connectivity index (χ3n) is 2.34. The molecule has 0 amide bonds. The Hall–Kier alpha value is -1.36. The Labute approximate surface area is 94.6 Å². The van der Waals surface area contributed by atoms with E-state index >= 15 is 0 Å². The lowest BCUT2D eigenvalue weighted by atomic mass is 10.1. The van der Waals surface area contributed by atoms with Crippen molar-refractivity contribution in [3.8, 4) is 0 Å². The molecule has 0 unspecified atom stereocenters. The summed E-state index contributed by atoms with van der Waals surface area (Å²) in [4.78, 5) is 11.0. The molecule has 1 N–H and O–H groups in total. The van der Waals surface area contributed by atoms with Gasteiger partial charge in [-0.3, -0.25) is 4.68 Å². The molecule has 0 aliphatic rings.